The molecule has 0 fully saturated rings. The molecular formula is C13H21N3. The molecule has 16 heavy (non-hydrogen) atoms. The number of hydrogen-bond acceptors (Lipinski definition) is 2. The van der Waals surface area contributed by atoms with Gasteiger partial charge < -0.3 is 10.1 Å². The van der Waals surface area contributed by atoms with Crippen LogP contribution in [0.3, 0.4) is 0 Å². The lowest BCUT2D eigenvalue weighted by Gasteiger charge is -2.05. The molecule has 0 aliphatic heterocycles. The largest absolute Gasteiger partial charge is 0.382 e. The summed E-state index contributed by atoms with van der Waals surface area (Å²) in [6.07, 6.45) is 3.69. The summed E-state index contributed by atoms with van der Waals surface area (Å²) in [5.74, 6) is 1.09. The van der Waals surface area contributed by atoms with Crippen molar-refractivity contribution in [3.05, 3.63) is 29.7 Å². The summed E-state index contributed by atoms with van der Waals surface area (Å²) in [5.41, 5.74) is 9.41. The Morgan fingerprint density at radius 1 is 1.31 bits per heavy atom. The average Bonchev–Trinajstić information content (AvgIpc) is 2.61. The number of nitrogens with two attached hydrogens (primary N) is 1. The first kappa shape index (κ1) is 12.6. The molecule has 2 rings (SSSR count). The number of anilines is 1. The first-order valence-electron chi connectivity index (χ1n) is 5.83. The molecule has 0 atom stereocenters. The molecule has 2 heterocycles. The van der Waals surface area contributed by atoms with Crippen LogP contribution in [0, 0.1) is 6.92 Å². The van der Waals surface area contributed by atoms with E-state index in [-0.39, 0.29) is 0 Å². The van der Waals surface area contributed by atoms with Crippen molar-refractivity contribution < 1.29 is 0 Å². The SMILES string of the molecule is CC.Cc1cc(C(C)C)c2c(N)nccn12. The second-order valence-electron chi connectivity index (χ2n) is 3.93. The molecular weight excluding hydrogens is 198 g/mol. The number of aromatic nitrogens is 2. The van der Waals surface area contributed by atoms with Crippen LogP contribution < -0.4 is 5.73 Å². The monoisotopic (exact) mass is 219 g/mol. The fourth-order valence-corrected chi connectivity index (χ4v) is 1.82. The average molecular weight is 219 g/mol. The predicted molar refractivity (Wildman–Crippen MR) is 69.8 cm³/mol. The van der Waals surface area contributed by atoms with Gasteiger partial charge in [0.25, 0.3) is 0 Å². The molecule has 2 N–H and O–H groups in total. The van der Waals surface area contributed by atoms with Gasteiger partial charge in [-0.25, -0.2) is 4.98 Å². The van der Waals surface area contributed by atoms with Gasteiger partial charge in [0.05, 0.1) is 5.52 Å². The minimum atomic E-state index is 0.477. The molecule has 0 aliphatic carbocycles. The van der Waals surface area contributed by atoms with E-state index in [1.807, 2.05) is 20.0 Å². The van der Waals surface area contributed by atoms with Crippen molar-refractivity contribution >= 4 is 11.3 Å². The van der Waals surface area contributed by atoms with E-state index >= 15 is 0 Å². The van der Waals surface area contributed by atoms with Crippen molar-refractivity contribution in [1.82, 2.24) is 9.38 Å². The fraction of sp³-hybridized carbons (Fsp3) is 0.462. The highest BCUT2D eigenvalue weighted by Crippen LogP contribution is 2.26. The van der Waals surface area contributed by atoms with E-state index in [9.17, 15) is 0 Å². The molecule has 0 amide bonds. The first-order chi connectivity index (χ1) is 7.61. The van der Waals surface area contributed by atoms with Crippen LogP contribution in [-0.2, 0) is 0 Å². The zero-order valence-corrected chi connectivity index (χ0v) is 10.8. The molecule has 0 saturated heterocycles. The quantitative estimate of drug-likeness (QED) is 0.799. The van der Waals surface area contributed by atoms with Gasteiger partial charge in [0.2, 0.25) is 0 Å². The second kappa shape index (κ2) is 5.01. The normalized spacial score (nSPS) is 10.4. The van der Waals surface area contributed by atoms with E-state index in [1.54, 1.807) is 6.20 Å². The van der Waals surface area contributed by atoms with Crippen LogP contribution in [0.5, 0.6) is 0 Å². The van der Waals surface area contributed by atoms with Crippen molar-refractivity contribution in [2.75, 3.05) is 5.73 Å². The maximum Gasteiger partial charge on any atom is 0.148 e. The smallest absolute Gasteiger partial charge is 0.148 e. The molecule has 0 radical (unpaired) electrons. The van der Waals surface area contributed by atoms with Gasteiger partial charge in [0, 0.05) is 18.1 Å². The number of hydrogen-bond donors (Lipinski definition) is 1. The van der Waals surface area contributed by atoms with E-state index in [0.717, 1.165) is 5.52 Å². The van der Waals surface area contributed by atoms with Gasteiger partial charge in [-0.05, 0) is 24.5 Å². The van der Waals surface area contributed by atoms with Crippen LogP contribution in [0.1, 0.15) is 44.9 Å². The van der Waals surface area contributed by atoms with E-state index in [1.165, 1.54) is 11.3 Å². The molecule has 0 aromatic carbocycles. The molecule has 3 heteroatoms. The Balaban J connectivity index is 0.000000606. The van der Waals surface area contributed by atoms with E-state index < -0.39 is 0 Å². The topological polar surface area (TPSA) is 43.3 Å². The van der Waals surface area contributed by atoms with Crippen molar-refractivity contribution in [2.45, 2.75) is 40.5 Å². The second-order valence-corrected chi connectivity index (χ2v) is 3.93. The number of nitrogens with zero attached hydrogens (tertiary/aromatic N) is 2. The summed E-state index contributed by atoms with van der Waals surface area (Å²) < 4.78 is 2.09. The Bertz CT molecular complexity index is 469. The summed E-state index contributed by atoms with van der Waals surface area (Å²) in [5, 5.41) is 0. The number of aryl methyl sites for hydroxylation is 1. The third kappa shape index (κ3) is 2.03. The van der Waals surface area contributed by atoms with Crippen LogP contribution >= 0.6 is 0 Å². The highest BCUT2D eigenvalue weighted by Gasteiger charge is 2.11. The summed E-state index contributed by atoms with van der Waals surface area (Å²) in [6, 6.07) is 2.18. The highest BCUT2D eigenvalue weighted by molar-refractivity contribution is 5.72. The van der Waals surface area contributed by atoms with Gasteiger partial charge >= 0.3 is 0 Å². The lowest BCUT2D eigenvalue weighted by atomic mass is 10.1. The van der Waals surface area contributed by atoms with Gasteiger partial charge in [0.15, 0.2) is 0 Å². The van der Waals surface area contributed by atoms with Crippen molar-refractivity contribution in [1.29, 1.82) is 0 Å². The third-order valence-electron chi connectivity index (χ3n) is 2.55. The molecule has 3 nitrogen and oxygen atoms in total. The van der Waals surface area contributed by atoms with Crippen LogP contribution in [0.25, 0.3) is 5.52 Å². The van der Waals surface area contributed by atoms with Crippen LogP contribution in [0.2, 0.25) is 0 Å². The minimum Gasteiger partial charge on any atom is -0.382 e. The Hall–Kier alpha value is -1.51. The number of nitrogen functional groups attached to an aromatic ring is 1. The highest BCUT2D eigenvalue weighted by atomic mass is 15.0. The molecule has 0 aliphatic rings. The molecule has 0 unspecified atom stereocenters. The zero-order valence-electron chi connectivity index (χ0n) is 10.8. The summed E-state index contributed by atoms with van der Waals surface area (Å²) >= 11 is 0. The summed E-state index contributed by atoms with van der Waals surface area (Å²) in [6.45, 7) is 10.4. The van der Waals surface area contributed by atoms with Gasteiger partial charge in [-0.15, -0.1) is 0 Å². The predicted octanol–water partition coefficient (Wildman–Crippen LogP) is 3.37. The lowest BCUT2D eigenvalue weighted by Crippen LogP contribution is -1.97. The third-order valence-corrected chi connectivity index (χ3v) is 2.55. The van der Waals surface area contributed by atoms with Gasteiger partial charge in [-0.1, -0.05) is 27.7 Å². The van der Waals surface area contributed by atoms with Crippen LogP contribution in [-0.4, -0.2) is 9.38 Å². The minimum absolute atomic E-state index is 0.477. The molecule has 0 spiro atoms. The number of fused-ring (bicyclic) bond motifs is 1. The van der Waals surface area contributed by atoms with Crippen molar-refractivity contribution in [2.24, 2.45) is 0 Å². The van der Waals surface area contributed by atoms with E-state index in [2.05, 4.69) is 36.2 Å². The van der Waals surface area contributed by atoms with E-state index in [0.29, 0.717) is 11.7 Å². The molecule has 2 aromatic heterocycles. The molecule has 0 bridgehead atoms. The van der Waals surface area contributed by atoms with Crippen LogP contribution in [0.4, 0.5) is 5.82 Å². The maximum atomic E-state index is 5.88. The standard InChI is InChI=1S/C11H15N3.C2H6/c1-7(2)9-6-8(3)14-5-4-13-11(12)10(9)14;1-2/h4-7H,1-3H3,(H2,12,13);1-2H3. The fourth-order valence-electron chi connectivity index (χ4n) is 1.82. The van der Waals surface area contributed by atoms with E-state index in [4.69, 9.17) is 5.73 Å². The Morgan fingerprint density at radius 2 is 1.94 bits per heavy atom. The molecule has 0 saturated carbocycles. The number of rotatable bonds is 1. The zero-order chi connectivity index (χ0) is 12.3. The Labute approximate surface area is 97.3 Å². The summed E-state index contributed by atoms with van der Waals surface area (Å²) in [4.78, 5) is 4.12. The molecule has 88 valence electrons. The Morgan fingerprint density at radius 3 is 2.50 bits per heavy atom. The Kier molecular flexibility index (Phi) is 3.93. The van der Waals surface area contributed by atoms with Crippen molar-refractivity contribution in [3.8, 4) is 0 Å². The van der Waals surface area contributed by atoms with Gasteiger partial charge in [-0.3, -0.25) is 0 Å². The lowest BCUT2D eigenvalue weighted by molar-refractivity contribution is 0.876. The summed E-state index contributed by atoms with van der Waals surface area (Å²) in [7, 11) is 0. The first-order valence-corrected chi connectivity index (χ1v) is 5.83. The van der Waals surface area contributed by atoms with Crippen molar-refractivity contribution in [3.63, 3.8) is 0 Å². The molecule has 2 aromatic rings. The van der Waals surface area contributed by atoms with Gasteiger partial charge in [-0.2, -0.15) is 0 Å². The van der Waals surface area contributed by atoms with Crippen LogP contribution in [0.15, 0.2) is 18.5 Å². The maximum absolute atomic E-state index is 5.88. The van der Waals surface area contributed by atoms with Gasteiger partial charge in [0.1, 0.15) is 5.82 Å².